The number of pyridine rings is 1. The first-order valence-corrected chi connectivity index (χ1v) is 8.87. The van der Waals surface area contributed by atoms with Gasteiger partial charge in [0, 0.05) is 16.5 Å². The molecule has 0 aliphatic carbocycles. The zero-order valence-electron chi connectivity index (χ0n) is 15.4. The normalized spacial score (nSPS) is 11.5. The van der Waals surface area contributed by atoms with Crippen LogP contribution in [0.1, 0.15) is 6.92 Å². The molecular weight excluding hydrogens is 352 g/mol. The minimum atomic E-state index is 0.475. The fourth-order valence-corrected chi connectivity index (χ4v) is 3.04. The van der Waals surface area contributed by atoms with Crippen LogP contribution in [0.15, 0.2) is 64.8 Å². The molecule has 0 fully saturated rings. The summed E-state index contributed by atoms with van der Waals surface area (Å²) in [5.74, 6) is 0.773. The molecule has 1 heterocycles. The van der Waals surface area contributed by atoms with Crippen molar-refractivity contribution in [1.82, 2.24) is 4.98 Å². The van der Waals surface area contributed by atoms with E-state index in [1.54, 1.807) is 18.2 Å². The van der Waals surface area contributed by atoms with Crippen molar-refractivity contribution < 1.29 is 4.74 Å². The number of aromatic nitrogens is 1. The Balaban J connectivity index is 1.75. The molecule has 0 atom stereocenters. The Bertz CT molecular complexity index is 1220. The Morgan fingerprint density at radius 2 is 1.71 bits per heavy atom. The van der Waals surface area contributed by atoms with E-state index in [-0.39, 0.29) is 0 Å². The molecule has 6 N–H and O–H groups in total. The summed E-state index contributed by atoms with van der Waals surface area (Å²) < 4.78 is 5.56. The zero-order valence-corrected chi connectivity index (χ0v) is 15.4. The number of hydrogen-bond donors (Lipinski definition) is 3. The molecule has 0 saturated carbocycles. The molecule has 1 aromatic heterocycles. The van der Waals surface area contributed by atoms with E-state index in [9.17, 15) is 0 Å². The highest BCUT2D eigenvalue weighted by atomic mass is 16.5. The molecule has 0 aliphatic rings. The molecule has 3 aromatic carbocycles. The van der Waals surface area contributed by atoms with Crippen LogP contribution in [0.5, 0.6) is 5.75 Å². The van der Waals surface area contributed by atoms with Gasteiger partial charge in [-0.15, -0.1) is 5.11 Å². The topological polar surface area (TPSA) is 125 Å². The molecule has 4 rings (SSSR count). The summed E-state index contributed by atoms with van der Waals surface area (Å²) in [4.78, 5) is 4.71. The van der Waals surface area contributed by atoms with Gasteiger partial charge in [-0.3, -0.25) is 0 Å². The maximum Gasteiger partial charge on any atom is 0.120 e. The van der Waals surface area contributed by atoms with Crippen LogP contribution in [0.4, 0.5) is 28.4 Å². The van der Waals surface area contributed by atoms with Crippen LogP contribution in [0.3, 0.4) is 0 Å². The van der Waals surface area contributed by atoms with Crippen molar-refractivity contribution in [2.45, 2.75) is 6.92 Å². The van der Waals surface area contributed by atoms with Gasteiger partial charge in [-0.1, -0.05) is 0 Å². The number of hydrogen-bond acceptors (Lipinski definition) is 7. The van der Waals surface area contributed by atoms with Crippen molar-refractivity contribution in [3.8, 4) is 5.75 Å². The Labute approximate surface area is 161 Å². The first-order chi connectivity index (χ1) is 13.5. The van der Waals surface area contributed by atoms with Crippen LogP contribution in [0.25, 0.3) is 21.8 Å². The Kier molecular flexibility index (Phi) is 4.41. The summed E-state index contributed by atoms with van der Waals surface area (Å²) in [6, 6.07) is 16.4. The summed E-state index contributed by atoms with van der Waals surface area (Å²) in [5, 5.41) is 10.2. The monoisotopic (exact) mass is 372 g/mol. The van der Waals surface area contributed by atoms with Gasteiger partial charge in [0.1, 0.15) is 11.4 Å². The molecule has 0 aliphatic heterocycles. The minimum absolute atomic E-state index is 0.475. The number of benzene rings is 3. The van der Waals surface area contributed by atoms with Gasteiger partial charge in [0.05, 0.1) is 34.7 Å². The molecule has 140 valence electrons. The summed E-state index contributed by atoms with van der Waals surface area (Å²) in [7, 11) is 0. The Hall–Kier alpha value is -3.87. The molecule has 0 unspecified atom stereocenters. The van der Waals surface area contributed by atoms with E-state index in [1.165, 1.54) is 0 Å². The third-order valence-corrected chi connectivity index (χ3v) is 4.41. The third kappa shape index (κ3) is 3.25. The second-order valence-electron chi connectivity index (χ2n) is 6.36. The lowest BCUT2D eigenvalue weighted by Gasteiger charge is -2.09. The van der Waals surface area contributed by atoms with Crippen molar-refractivity contribution in [2.75, 3.05) is 23.8 Å². The van der Waals surface area contributed by atoms with Crippen molar-refractivity contribution >= 4 is 50.2 Å². The average Bonchev–Trinajstić information content (AvgIpc) is 2.68. The molecule has 0 saturated heterocycles. The summed E-state index contributed by atoms with van der Waals surface area (Å²) in [5.41, 5.74) is 22.5. The first-order valence-electron chi connectivity index (χ1n) is 8.87. The SMILES string of the molecule is CCOc1ccc2nc3cc(N=Nc4ccc(N)cc4N)ccc3c(N)c2c1. The fraction of sp³-hybridized carbons (Fsp3) is 0.0952. The van der Waals surface area contributed by atoms with Gasteiger partial charge in [-0.25, -0.2) is 4.98 Å². The lowest BCUT2D eigenvalue weighted by molar-refractivity contribution is 0.341. The first kappa shape index (κ1) is 17.5. The molecule has 4 aromatic rings. The summed E-state index contributed by atoms with van der Waals surface area (Å²) in [6.45, 7) is 2.54. The number of rotatable bonds is 4. The van der Waals surface area contributed by atoms with Gasteiger partial charge in [-0.05, 0) is 61.5 Å². The summed E-state index contributed by atoms with van der Waals surface area (Å²) in [6.07, 6.45) is 0. The average molecular weight is 372 g/mol. The van der Waals surface area contributed by atoms with Crippen molar-refractivity contribution in [3.63, 3.8) is 0 Å². The smallest absolute Gasteiger partial charge is 0.120 e. The van der Waals surface area contributed by atoms with E-state index in [0.717, 1.165) is 27.6 Å². The highest BCUT2D eigenvalue weighted by Gasteiger charge is 2.09. The van der Waals surface area contributed by atoms with Crippen LogP contribution in [0, 0.1) is 0 Å². The van der Waals surface area contributed by atoms with Crippen LogP contribution >= 0.6 is 0 Å². The van der Waals surface area contributed by atoms with Crippen LogP contribution in [0.2, 0.25) is 0 Å². The van der Waals surface area contributed by atoms with Crippen LogP contribution in [-0.2, 0) is 0 Å². The van der Waals surface area contributed by atoms with Crippen molar-refractivity contribution in [1.29, 1.82) is 0 Å². The highest BCUT2D eigenvalue weighted by molar-refractivity contribution is 6.07. The van der Waals surface area contributed by atoms with Crippen LogP contribution in [-0.4, -0.2) is 11.6 Å². The fourth-order valence-electron chi connectivity index (χ4n) is 3.04. The van der Waals surface area contributed by atoms with E-state index in [0.29, 0.717) is 35.0 Å². The van der Waals surface area contributed by atoms with Crippen molar-refractivity contribution in [2.24, 2.45) is 10.2 Å². The highest BCUT2D eigenvalue weighted by Crippen LogP contribution is 2.33. The second kappa shape index (κ2) is 7.03. The van der Waals surface area contributed by atoms with Gasteiger partial charge in [-0.2, -0.15) is 5.11 Å². The van der Waals surface area contributed by atoms with Crippen LogP contribution < -0.4 is 21.9 Å². The number of nitrogens with two attached hydrogens (primary N) is 3. The van der Waals surface area contributed by atoms with Gasteiger partial charge in [0.15, 0.2) is 0 Å². The zero-order chi connectivity index (χ0) is 19.7. The molecular formula is C21H20N6O. The molecule has 7 heteroatoms. The number of azo groups is 1. The lowest BCUT2D eigenvalue weighted by Crippen LogP contribution is -1.95. The maximum atomic E-state index is 6.39. The molecule has 7 nitrogen and oxygen atoms in total. The Morgan fingerprint density at radius 3 is 2.50 bits per heavy atom. The second-order valence-corrected chi connectivity index (χ2v) is 6.36. The lowest BCUT2D eigenvalue weighted by atomic mass is 10.1. The van der Waals surface area contributed by atoms with Gasteiger partial charge in [0.25, 0.3) is 0 Å². The molecule has 28 heavy (non-hydrogen) atoms. The number of fused-ring (bicyclic) bond motifs is 2. The predicted octanol–water partition coefficient (Wildman–Crippen LogP) is 4.95. The number of nitrogens with zero attached hydrogens (tertiary/aromatic N) is 3. The summed E-state index contributed by atoms with van der Waals surface area (Å²) >= 11 is 0. The molecule has 0 amide bonds. The number of nitrogen functional groups attached to an aromatic ring is 3. The number of ether oxygens (including phenoxy) is 1. The molecule has 0 radical (unpaired) electrons. The van der Waals surface area contributed by atoms with Crippen molar-refractivity contribution in [3.05, 3.63) is 54.6 Å². The molecule has 0 spiro atoms. The number of anilines is 3. The Morgan fingerprint density at radius 1 is 0.857 bits per heavy atom. The quantitative estimate of drug-likeness (QED) is 0.265. The van der Waals surface area contributed by atoms with E-state index in [2.05, 4.69) is 10.2 Å². The van der Waals surface area contributed by atoms with E-state index >= 15 is 0 Å². The standard InChI is InChI=1S/C21H20N6O/c1-2-28-14-5-8-18-16(11-14)21(24)15-6-4-13(10-20(15)25-18)26-27-19-7-3-12(22)9-17(19)23/h3-11H,2,22-23H2,1H3,(H2,24,25). The minimum Gasteiger partial charge on any atom is -0.494 e. The van der Waals surface area contributed by atoms with E-state index < -0.39 is 0 Å². The third-order valence-electron chi connectivity index (χ3n) is 4.41. The van der Waals surface area contributed by atoms with Gasteiger partial charge < -0.3 is 21.9 Å². The van der Waals surface area contributed by atoms with Gasteiger partial charge in [0.2, 0.25) is 0 Å². The van der Waals surface area contributed by atoms with Gasteiger partial charge >= 0.3 is 0 Å². The maximum absolute atomic E-state index is 6.39. The van der Waals surface area contributed by atoms with E-state index in [4.69, 9.17) is 26.9 Å². The van der Waals surface area contributed by atoms with E-state index in [1.807, 2.05) is 43.3 Å². The predicted molar refractivity (Wildman–Crippen MR) is 114 cm³/mol. The molecule has 0 bridgehead atoms. The largest absolute Gasteiger partial charge is 0.494 e.